The van der Waals surface area contributed by atoms with E-state index >= 15 is 0 Å². The van der Waals surface area contributed by atoms with Crippen molar-refractivity contribution in [1.29, 1.82) is 0 Å². The summed E-state index contributed by atoms with van der Waals surface area (Å²) < 4.78 is 25.4. The Labute approximate surface area is 131 Å². The minimum absolute atomic E-state index is 0.0963. The van der Waals surface area contributed by atoms with Crippen LogP contribution in [0.2, 0.25) is 0 Å². The molecule has 1 atom stereocenters. The molecule has 3 nitrogen and oxygen atoms in total. The number of benzene rings is 2. The van der Waals surface area contributed by atoms with Crippen LogP contribution in [0, 0.1) is 5.82 Å². The SMILES string of the molecule is COc1ccc(NC2CCOc3ccc(Br)cc32)cc1F. The van der Waals surface area contributed by atoms with E-state index in [0.29, 0.717) is 6.61 Å². The second kappa shape index (κ2) is 5.93. The van der Waals surface area contributed by atoms with E-state index in [4.69, 9.17) is 9.47 Å². The highest BCUT2D eigenvalue weighted by atomic mass is 79.9. The Morgan fingerprint density at radius 2 is 2.14 bits per heavy atom. The molecule has 0 fully saturated rings. The molecule has 1 N–H and O–H groups in total. The summed E-state index contributed by atoms with van der Waals surface area (Å²) in [7, 11) is 1.46. The average Bonchev–Trinajstić information content (AvgIpc) is 2.48. The van der Waals surface area contributed by atoms with Gasteiger partial charge in [0, 0.05) is 28.2 Å². The van der Waals surface area contributed by atoms with Gasteiger partial charge >= 0.3 is 0 Å². The van der Waals surface area contributed by atoms with Gasteiger partial charge in [0.15, 0.2) is 11.6 Å². The lowest BCUT2D eigenvalue weighted by atomic mass is 10.0. The van der Waals surface area contributed by atoms with Crippen LogP contribution in [0.15, 0.2) is 40.9 Å². The van der Waals surface area contributed by atoms with Gasteiger partial charge in [-0.1, -0.05) is 15.9 Å². The number of hydrogen-bond donors (Lipinski definition) is 1. The number of fused-ring (bicyclic) bond motifs is 1. The summed E-state index contributed by atoms with van der Waals surface area (Å²) >= 11 is 3.47. The number of anilines is 1. The molecule has 1 heterocycles. The molecule has 0 saturated heterocycles. The van der Waals surface area contributed by atoms with E-state index in [-0.39, 0.29) is 17.6 Å². The summed E-state index contributed by atoms with van der Waals surface area (Å²) in [5.41, 5.74) is 1.80. The van der Waals surface area contributed by atoms with Crippen LogP contribution in [0.3, 0.4) is 0 Å². The lowest BCUT2D eigenvalue weighted by molar-refractivity contribution is 0.274. The van der Waals surface area contributed by atoms with Gasteiger partial charge in [-0.2, -0.15) is 0 Å². The minimum atomic E-state index is -0.371. The highest BCUT2D eigenvalue weighted by Gasteiger charge is 2.21. The molecule has 21 heavy (non-hydrogen) atoms. The van der Waals surface area contributed by atoms with Crippen molar-refractivity contribution in [2.45, 2.75) is 12.5 Å². The fourth-order valence-electron chi connectivity index (χ4n) is 2.47. The third-order valence-electron chi connectivity index (χ3n) is 3.50. The maximum atomic E-state index is 13.8. The normalized spacial score (nSPS) is 16.8. The summed E-state index contributed by atoms with van der Waals surface area (Å²) in [4.78, 5) is 0. The van der Waals surface area contributed by atoms with Crippen molar-refractivity contribution in [3.63, 3.8) is 0 Å². The van der Waals surface area contributed by atoms with E-state index in [1.807, 2.05) is 24.3 Å². The molecule has 1 aliphatic heterocycles. The molecule has 1 unspecified atom stereocenters. The second-order valence-corrected chi connectivity index (χ2v) is 5.78. The quantitative estimate of drug-likeness (QED) is 0.880. The first-order valence-corrected chi connectivity index (χ1v) is 7.49. The second-order valence-electron chi connectivity index (χ2n) is 4.87. The van der Waals surface area contributed by atoms with Crippen molar-refractivity contribution < 1.29 is 13.9 Å². The summed E-state index contributed by atoms with van der Waals surface area (Å²) in [6, 6.07) is 10.9. The maximum Gasteiger partial charge on any atom is 0.167 e. The van der Waals surface area contributed by atoms with Crippen LogP contribution < -0.4 is 14.8 Å². The van der Waals surface area contributed by atoms with Gasteiger partial charge in [-0.3, -0.25) is 0 Å². The number of rotatable bonds is 3. The standard InChI is InChI=1S/C16H15BrFNO2/c1-20-16-5-3-11(9-13(16)18)19-14-6-7-21-15-4-2-10(17)8-12(14)15/h2-5,8-9,14,19H,6-7H2,1H3. The molecule has 1 aliphatic rings. The fourth-order valence-corrected chi connectivity index (χ4v) is 2.85. The lowest BCUT2D eigenvalue weighted by Gasteiger charge is -2.27. The number of ether oxygens (including phenoxy) is 2. The van der Waals surface area contributed by atoms with Crippen molar-refractivity contribution in [2.75, 3.05) is 19.0 Å². The van der Waals surface area contributed by atoms with Crippen molar-refractivity contribution in [3.8, 4) is 11.5 Å². The molecule has 0 saturated carbocycles. The van der Waals surface area contributed by atoms with Crippen LogP contribution in [0.4, 0.5) is 10.1 Å². The van der Waals surface area contributed by atoms with Crippen LogP contribution >= 0.6 is 15.9 Å². The molecule has 0 aromatic heterocycles. The Morgan fingerprint density at radius 1 is 1.29 bits per heavy atom. The topological polar surface area (TPSA) is 30.5 Å². The third kappa shape index (κ3) is 2.97. The Morgan fingerprint density at radius 3 is 2.90 bits per heavy atom. The highest BCUT2D eigenvalue weighted by Crippen LogP contribution is 2.36. The van der Waals surface area contributed by atoms with E-state index < -0.39 is 0 Å². The van der Waals surface area contributed by atoms with E-state index in [1.54, 1.807) is 6.07 Å². The Balaban J connectivity index is 1.86. The summed E-state index contributed by atoms with van der Waals surface area (Å²) in [6.45, 7) is 0.644. The summed E-state index contributed by atoms with van der Waals surface area (Å²) in [6.07, 6.45) is 0.830. The van der Waals surface area contributed by atoms with E-state index in [9.17, 15) is 4.39 Å². The monoisotopic (exact) mass is 351 g/mol. The number of nitrogens with one attached hydrogen (secondary N) is 1. The predicted octanol–water partition coefficient (Wildman–Crippen LogP) is 4.53. The van der Waals surface area contributed by atoms with Crippen LogP contribution in [-0.2, 0) is 0 Å². The molecule has 0 radical (unpaired) electrons. The molecule has 110 valence electrons. The van der Waals surface area contributed by atoms with Gasteiger partial charge in [0.05, 0.1) is 19.8 Å². The van der Waals surface area contributed by atoms with Gasteiger partial charge in [-0.05, 0) is 30.3 Å². The van der Waals surface area contributed by atoms with Crippen LogP contribution in [0.1, 0.15) is 18.0 Å². The van der Waals surface area contributed by atoms with E-state index in [1.165, 1.54) is 13.2 Å². The molecule has 0 bridgehead atoms. The summed E-state index contributed by atoms with van der Waals surface area (Å²) in [5.74, 6) is 0.746. The first kappa shape index (κ1) is 14.2. The number of hydrogen-bond acceptors (Lipinski definition) is 3. The molecular formula is C16H15BrFNO2. The highest BCUT2D eigenvalue weighted by molar-refractivity contribution is 9.10. The Kier molecular flexibility index (Phi) is 4.01. The molecule has 5 heteroatoms. The van der Waals surface area contributed by atoms with E-state index in [2.05, 4.69) is 21.2 Å². The first-order chi connectivity index (χ1) is 10.2. The molecule has 2 aromatic carbocycles. The zero-order chi connectivity index (χ0) is 14.8. The molecule has 3 rings (SSSR count). The van der Waals surface area contributed by atoms with Gasteiger partial charge in [-0.25, -0.2) is 4.39 Å². The molecule has 0 spiro atoms. The number of methoxy groups -OCH3 is 1. The first-order valence-electron chi connectivity index (χ1n) is 6.69. The maximum absolute atomic E-state index is 13.8. The molecule has 2 aromatic rings. The minimum Gasteiger partial charge on any atom is -0.494 e. The third-order valence-corrected chi connectivity index (χ3v) is 4.00. The van der Waals surface area contributed by atoms with E-state index in [0.717, 1.165) is 27.9 Å². The van der Waals surface area contributed by atoms with Crippen LogP contribution in [0.25, 0.3) is 0 Å². The number of halogens is 2. The van der Waals surface area contributed by atoms with Crippen molar-refractivity contribution >= 4 is 21.6 Å². The predicted molar refractivity (Wildman–Crippen MR) is 83.6 cm³/mol. The van der Waals surface area contributed by atoms with Crippen molar-refractivity contribution in [3.05, 3.63) is 52.3 Å². The molecular weight excluding hydrogens is 337 g/mol. The molecule has 0 aliphatic carbocycles. The fraction of sp³-hybridized carbons (Fsp3) is 0.250. The van der Waals surface area contributed by atoms with Crippen molar-refractivity contribution in [1.82, 2.24) is 0 Å². The molecule has 0 amide bonds. The smallest absolute Gasteiger partial charge is 0.167 e. The largest absolute Gasteiger partial charge is 0.494 e. The zero-order valence-corrected chi connectivity index (χ0v) is 13.1. The Bertz CT molecular complexity index is 663. The van der Waals surface area contributed by atoms with Crippen LogP contribution in [-0.4, -0.2) is 13.7 Å². The lowest BCUT2D eigenvalue weighted by Crippen LogP contribution is -2.20. The van der Waals surface area contributed by atoms with Crippen molar-refractivity contribution in [2.24, 2.45) is 0 Å². The van der Waals surface area contributed by atoms with Crippen LogP contribution in [0.5, 0.6) is 11.5 Å². The zero-order valence-electron chi connectivity index (χ0n) is 11.5. The van der Waals surface area contributed by atoms with Gasteiger partial charge in [0.1, 0.15) is 5.75 Å². The summed E-state index contributed by atoms with van der Waals surface area (Å²) in [5, 5.41) is 3.36. The Hall–Kier alpha value is -1.75. The average molecular weight is 352 g/mol. The van der Waals surface area contributed by atoms with Gasteiger partial charge in [0.25, 0.3) is 0 Å². The van der Waals surface area contributed by atoms with Gasteiger partial charge in [-0.15, -0.1) is 0 Å². The van der Waals surface area contributed by atoms with Gasteiger partial charge in [0.2, 0.25) is 0 Å². The van der Waals surface area contributed by atoms with Gasteiger partial charge < -0.3 is 14.8 Å².